The molecule has 1 aromatic heterocycles. The van der Waals surface area contributed by atoms with Crippen LogP contribution in [0.25, 0.3) is 10.1 Å². The molecule has 2 fully saturated rings. The molecule has 0 radical (unpaired) electrons. The summed E-state index contributed by atoms with van der Waals surface area (Å²) in [5, 5.41) is 7.52. The fraction of sp³-hybridized carbons (Fsp3) is 0.556. The zero-order chi connectivity index (χ0) is 13.5. The van der Waals surface area contributed by atoms with Gasteiger partial charge in [-0.3, -0.25) is 0 Å². The lowest BCUT2D eigenvalue weighted by molar-refractivity contribution is 0.420. The fourth-order valence-electron chi connectivity index (χ4n) is 4.39. The van der Waals surface area contributed by atoms with Crippen molar-refractivity contribution in [3.63, 3.8) is 0 Å². The van der Waals surface area contributed by atoms with Crippen LogP contribution in [0.2, 0.25) is 0 Å². The monoisotopic (exact) mass is 285 g/mol. The summed E-state index contributed by atoms with van der Waals surface area (Å²) in [5.74, 6) is 2.93. The van der Waals surface area contributed by atoms with E-state index < -0.39 is 0 Å². The van der Waals surface area contributed by atoms with Crippen LogP contribution in [-0.4, -0.2) is 6.54 Å². The summed E-state index contributed by atoms with van der Waals surface area (Å²) in [4.78, 5) is 0. The van der Waals surface area contributed by atoms with Crippen molar-refractivity contribution >= 4 is 21.4 Å². The Morgan fingerprint density at radius 2 is 2.10 bits per heavy atom. The molecule has 106 valence electrons. The second kappa shape index (κ2) is 5.16. The van der Waals surface area contributed by atoms with Gasteiger partial charge in [-0.2, -0.15) is 0 Å². The molecule has 1 nitrogen and oxygen atoms in total. The minimum absolute atomic E-state index is 0.590. The largest absolute Gasteiger partial charge is 0.310 e. The van der Waals surface area contributed by atoms with Crippen molar-refractivity contribution < 1.29 is 0 Å². The molecule has 2 aliphatic rings. The first-order chi connectivity index (χ1) is 9.90. The third kappa shape index (κ3) is 2.01. The Hall–Kier alpha value is -0.860. The molecule has 2 aliphatic carbocycles. The van der Waals surface area contributed by atoms with Crippen LogP contribution in [0.4, 0.5) is 0 Å². The molecule has 2 heteroatoms. The van der Waals surface area contributed by atoms with Gasteiger partial charge in [0.05, 0.1) is 0 Å². The molecule has 0 saturated heterocycles. The summed E-state index contributed by atoms with van der Waals surface area (Å²) in [6, 6.07) is 9.70. The lowest BCUT2D eigenvalue weighted by atomic mass is 9.96. The van der Waals surface area contributed by atoms with Gasteiger partial charge >= 0.3 is 0 Å². The summed E-state index contributed by atoms with van der Waals surface area (Å²) in [5.41, 5.74) is 1.56. The molecule has 0 bridgehead atoms. The maximum atomic E-state index is 3.86. The molecule has 3 atom stereocenters. The molecule has 2 aromatic rings. The van der Waals surface area contributed by atoms with Crippen molar-refractivity contribution in [3.8, 4) is 0 Å². The molecule has 1 N–H and O–H groups in total. The molecule has 2 saturated carbocycles. The summed E-state index contributed by atoms with van der Waals surface area (Å²) in [6.07, 6.45) is 5.63. The highest BCUT2D eigenvalue weighted by molar-refractivity contribution is 7.17. The summed E-state index contributed by atoms with van der Waals surface area (Å²) in [6.45, 7) is 3.41. The maximum Gasteiger partial charge on any atom is 0.0390 e. The van der Waals surface area contributed by atoms with Gasteiger partial charge in [-0.25, -0.2) is 0 Å². The van der Waals surface area contributed by atoms with Crippen molar-refractivity contribution in [2.45, 2.75) is 38.6 Å². The average Bonchev–Trinajstić information content (AvgIpc) is 2.90. The van der Waals surface area contributed by atoms with Crippen LogP contribution in [0.5, 0.6) is 0 Å². The van der Waals surface area contributed by atoms with Crippen LogP contribution in [0.1, 0.15) is 44.2 Å². The maximum absolute atomic E-state index is 3.86. The quantitative estimate of drug-likeness (QED) is 0.816. The van der Waals surface area contributed by atoms with Crippen molar-refractivity contribution in [1.82, 2.24) is 5.32 Å². The van der Waals surface area contributed by atoms with Gasteiger partial charge in [-0.1, -0.05) is 31.5 Å². The van der Waals surface area contributed by atoms with Gasteiger partial charge in [0.25, 0.3) is 0 Å². The van der Waals surface area contributed by atoms with Crippen LogP contribution < -0.4 is 5.32 Å². The topological polar surface area (TPSA) is 12.0 Å². The van der Waals surface area contributed by atoms with E-state index in [-0.39, 0.29) is 0 Å². The molecule has 0 aliphatic heterocycles. The molecule has 0 amide bonds. The Balaban J connectivity index is 1.68. The summed E-state index contributed by atoms with van der Waals surface area (Å²) in [7, 11) is 0. The Bertz CT molecular complexity index is 592. The van der Waals surface area contributed by atoms with E-state index in [0.717, 1.165) is 24.3 Å². The minimum Gasteiger partial charge on any atom is -0.310 e. The van der Waals surface area contributed by atoms with Gasteiger partial charge in [-0.15, -0.1) is 11.3 Å². The van der Waals surface area contributed by atoms with Gasteiger partial charge in [0.2, 0.25) is 0 Å². The number of thiophene rings is 1. The molecule has 3 unspecified atom stereocenters. The predicted octanol–water partition coefficient (Wildman–Crippen LogP) is 4.99. The van der Waals surface area contributed by atoms with Crippen LogP contribution in [0.3, 0.4) is 0 Å². The molecule has 1 heterocycles. The standard InChI is InChI=1S/C18H23NS/c1-2-10-19-17(16-13-6-4-7-14(13)16)15-8-3-5-12-9-11-20-18(12)15/h3,5,8-9,11,13-14,16-17,19H,2,4,6-7,10H2,1H3. The summed E-state index contributed by atoms with van der Waals surface area (Å²) < 4.78 is 1.51. The normalized spacial score (nSPS) is 29.6. The van der Waals surface area contributed by atoms with Gasteiger partial charge in [0, 0.05) is 10.7 Å². The van der Waals surface area contributed by atoms with Crippen LogP contribution in [0.15, 0.2) is 29.6 Å². The van der Waals surface area contributed by atoms with Crippen molar-refractivity contribution in [2.75, 3.05) is 6.54 Å². The lowest BCUT2D eigenvalue weighted by Crippen LogP contribution is -2.25. The first-order valence-electron chi connectivity index (χ1n) is 8.09. The van der Waals surface area contributed by atoms with Crippen molar-refractivity contribution in [2.24, 2.45) is 17.8 Å². The second-order valence-electron chi connectivity index (χ2n) is 6.45. The number of rotatable bonds is 5. The van der Waals surface area contributed by atoms with E-state index in [0.29, 0.717) is 6.04 Å². The van der Waals surface area contributed by atoms with Gasteiger partial charge < -0.3 is 5.32 Å². The SMILES string of the molecule is CCCNC(c1cccc2ccsc12)C1C2CCCC21. The average molecular weight is 285 g/mol. The van der Waals surface area contributed by atoms with Crippen LogP contribution in [0, 0.1) is 17.8 Å². The van der Waals surface area contributed by atoms with Gasteiger partial charge in [-0.05, 0) is 66.0 Å². The highest BCUT2D eigenvalue weighted by Crippen LogP contribution is 2.62. The zero-order valence-electron chi connectivity index (χ0n) is 12.1. The van der Waals surface area contributed by atoms with Crippen molar-refractivity contribution in [1.29, 1.82) is 0 Å². The molecule has 1 aromatic carbocycles. The molecule has 4 rings (SSSR count). The minimum atomic E-state index is 0.590. The Morgan fingerprint density at radius 1 is 1.25 bits per heavy atom. The first kappa shape index (κ1) is 12.8. The van der Waals surface area contributed by atoms with E-state index in [1.54, 1.807) is 5.56 Å². The van der Waals surface area contributed by atoms with Gasteiger partial charge in [0.1, 0.15) is 0 Å². The van der Waals surface area contributed by atoms with E-state index in [1.165, 1.54) is 35.8 Å². The first-order valence-corrected chi connectivity index (χ1v) is 8.97. The Kier molecular flexibility index (Phi) is 3.31. The number of benzene rings is 1. The number of fused-ring (bicyclic) bond motifs is 2. The number of hydrogen-bond donors (Lipinski definition) is 1. The highest BCUT2D eigenvalue weighted by atomic mass is 32.1. The van der Waals surface area contributed by atoms with E-state index in [2.05, 4.69) is 41.9 Å². The molecule has 0 spiro atoms. The zero-order valence-corrected chi connectivity index (χ0v) is 13.0. The van der Waals surface area contributed by atoms with Crippen LogP contribution >= 0.6 is 11.3 Å². The Labute approximate surface area is 125 Å². The third-order valence-corrected chi connectivity index (χ3v) is 6.30. The van der Waals surface area contributed by atoms with E-state index in [1.807, 2.05) is 11.3 Å². The lowest BCUT2D eigenvalue weighted by Gasteiger charge is -2.22. The second-order valence-corrected chi connectivity index (χ2v) is 7.37. The molecular formula is C18H23NS. The van der Waals surface area contributed by atoms with Crippen molar-refractivity contribution in [3.05, 3.63) is 35.2 Å². The van der Waals surface area contributed by atoms with Gasteiger partial charge in [0.15, 0.2) is 0 Å². The fourth-order valence-corrected chi connectivity index (χ4v) is 5.34. The predicted molar refractivity (Wildman–Crippen MR) is 87.2 cm³/mol. The molecular weight excluding hydrogens is 262 g/mol. The van der Waals surface area contributed by atoms with E-state index in [9.17, 15) is 0 Å². The van der Waals surface area contributed by atoms with E-state index in [4.69, 9.17) is 0 Å². The smallest absolute Gasteiger partial charge is 0.0390 e. The summed E-state index contributed by atoms with van der Waals surface area (Å²) >= 11 is 1.91. The Morgan fingerprint density at radius 3 is 2.90 bits per heavy atom. The molecule has 20 heavy (non-hydrogen) atoms. The van der Waals surface area contributed by atoms with E-state index >= 15 is 0 Å². The number of hydrogen-bond acceptors (Lipinski definition) is 2. The number of nitrogens with one attached hydrogen (secondary N) is 1. The highest BCUT2D eigenvalue weighted by Gasteiger charge is 2.56. The third-order valence-electron chi connectivity index (χ3n) is 5.32. The van der Waals surface area contributed by atoms with Crippen LogP contribution in [-0.2, 0) is 0 Å².